The molecular formula is C33H39ORh3S3-3. The van der Waals surface area contributed by atoms with E-state index in [0.717, 1.165) is 41.1 Å². The summed E-state index contributed by atoms with van der Waals surface area (Å²) in [5, 5.41) is 0. The molecule has 6 bridgehead atoms. The second-order valence-corrected chi connectivity index (χ2v) is 11.8. The van der Waals surface area contributed by atoms with Crippen molar-refractivity contribution in [2.75, 3.05) is 23.9 Å². The standard InChI is InChI=1S/C12H18OS3.3C7H8.3Rh/c14-8-12(9-15,10-16)7-13-6-11-4-2-1-3-5-11;3*1-2-7-4-3-6(1)5-7;;;/h1-5,14-16H,6-10H2;3*1-4,6-7H,5H2;;;/p-3. The molecule has 225 valence electrons. The molecule has 0 heterocycles. The van der Waals surface area contributed by atoms with Gasteiger partial charge in [-0.15, -0.1) is 0 Å². The van der Waals surface area contributed by atoms with E-state index in [-0.39, 0.29) is 63.8 Å². The molecule has 40 heavy (non-hydrogen) atoms. The summed E-state index contributed by atoms with van der Waals surface area (Å²) in [5.74, 6) is 6.60. The van der Waals surface area contributed by atoms with Gasteiger partial charge in [-0.05, 0) is 60.3 Å². The predicted molar refractivity (Wildman–Crippen MR) is 165 cm³/mol. The first-order valence-electron chi connectivity index (χ1n) is 13.6. The van der Waals surface area contributed by atoms with Gasteiger partial charge in [-0.25, -0.2) is 0 Å². The molecular weight excluding hydrogens is 817 g/mol. The maximum atomic E-state index is 5.66. The van der Waals surface area contributed by atoms with Gasteiger partial charge in [-0.2, -0.15) is 17.3 Å². The van der Waals surface area contributed by atoms with Crippen molar-refractivity contribution in [1.29, 1.82) is 0 Å². The Morgan fingerprint density at radius 1 is 0.525 bits per heavy atom. The first-order valence-corrected chi connectivity index (χ1v) is 15.3. The quantitative estimate of drug-likeness (QED) is 0.165. The molecule has 7 rings (SSSR count). The van der Waals surface area contributed by atoms with E-state index in [1.165, 1.54) is 19.3 Å². The van der Waals surface area contributed by atoms with Crippen molar-refractivity contribution in [3.63, 3.8) is 0 Å². The van der Waals surface area contributed by atoms with Crippen LogP contribution in [-0.2, 0) is 108 Å². The summed E-state index contributed by atoms with van der Waals surface area (Å²) in [5.41, 5.74) is 0.990. The van der Waals surface area contributed by atoms with Crippen LogP contribution in [0, 0.1) is 40.9 Å². The van der Waals surface area contributed by atoms with Crippen LogP contribution < -0.4 is 0 Å². The van der Waals surface area contributed by atoms with Crippen LogP contribution in [0.1, 0.15) is 24.8 Å². The van der Waals surface area contributed by atoms with Crippen LogP contribution in [-0.4, -0.2) is 23.9 Å². The van der Waals surface area contributed by atoms with Crippen LogP contribution in [0.3, 0.4) is 0 Å². The van der Waals surface area contributed by atoms with Gasteiger partial charge in [-0.3, -0.25) is 0 Å². The minimum absolute atomic E-state index is 0. The van der Waals surface area contributed by atoms with E-state index in [0.29, 0.717) is 30.5 Å². The Bertz CT molecular complexity index is 844. The monoisotopic (exact) mass is 856 g/mol. The fourth-order valence-corrected chi connectivity index (χ4v) is 6.44. The average molecular weight is 857 g/mol. The number of ether oxygens (including phenoxy) is 1. The van der Waals surface area contributed by atoms with Crippen molar-refractivity contribution in [2.45, 2.75) is 25.9 Å². The molecule has 0 aliphatic heterocycles. The Labute approximate surface area is 297 Å². The molecule has 3 radical (unpaired) electrons. The van der Waals surface area contributed by atoms with Crippen molar-refractivity contribution in [2.24, 2.45) is 40.9 Å². The van der Waals surface area contributed by atoms with Crippen LogP contribution in [0.4, 0.5) is 0 Å². The zero-order chi connectivity index (χ0) is 25.9. The molecule has 0 unspecified atom stereocenters. The molecule has 6 aliphatic carbocycles. The normalized spacial score (nSPS) is 27.5. The molecule has 6 aliphatic rings. The van der Waals surface area contributed by atoms with E-state index >= 15 is 0 Å². The van der Waals surface area contributed by atoms with Crippen molar-refractivity contribution >= 4 is 37.9 Å². The van der Waals surface area contributed by atoms with Crippen LogP contribution in [0.15, 0.2) is 103 Å². The maximum absolute atomic E-state index is 5.66. The van der Waals surface area contributed by atoms with Crippen LogP contribution in [0.5, 0.6) is 0 Å². The maximum Gasteiger partial charge on any atom is 0.0717 e. The number of rotatable bonds is 7. The van der Waals surface area contributed by atoms with Gasteiger partial charge in [0, 0.05) is 65.0 Å². The summed E-state index contributed by atoms with van der Waals surface area (Å²) in [7, 11) is 0. The molecule has 1 aromatic carbocycles. The second-order valence-electron chi connectivity index (χ2n) is 10.9. The number of hydrogen-bond donors (Lipinski definition) is 0. The van der Waals surface area contributed by atoms with Crippen LogP contribution in [0.2, 0.25) is 0 Å². The number of benzene rings is 1. The van der Waals surface area contributed by atoms with Gasteiger partial charge in [-0.1, -0.05) is 109 Å². The van der Waals surface area contributed by atoms with Crippen molar-refractivity contribution < 1.29 is 63.2 Å². The first kappa shape index (κ1) is 38.6. The van der Waals surface area contributed by atoms with Gasteiger partial charge in [0.15, 0.2) is 0 Å². The molecule has 1 aromatic rings. The molecule has 0 aromatic heterocycles. The number of fused-ring (bicyclic) bond motifs is 6. The summed E-state index contributed by atoms with van der Waals surface area (Å²) < 4.78 is 5.66. The van der Waals surface area contributed by atoms with Gasteiger partial charge in [0.25, 0.3) is 0 Å². The van der Waals surface area contributed by atoms with Crippen molar-refractivity contribution in [3.05, 3.63) is 109 Å². The predicted octanol–water partition coefficient (Wildman–Crippen LogP) is 7.07. The van der Waals surface area contributed by atoms with E-state index in [1.54, 1.807) is 0 Å². The SMILES string of the molecule is C1=CC2C=CC1C2.C1=CC2C=CC1C2.C1=CC2C=CC1C2.[Rh].[Rh].[Rh].[S-]CC(C[S-])(C[S-])COCc1ccccc1. The summed E-state index contributed by atoms with van der Waals surface area (Å²) >= 11 is 15.3. The molecule has 7 heteroatoms. The Balaban J connectivity index is 0.000000279. The Morgan fingerprint density at radius 3 is 1.05 bits per heavy atom. The fraction of sp³-hybridized carbons (Fsp3) is 0.455. The zero-order valence-electron chi connectivity index (χ0n) is 22.6. The third-order valence-corrected chi connectivity index (χ3v) is 9.54. The van der Waals surface area contributed by atoms with Gasteiger partial charge < -0.3 is 42.6 Å². The van der Waals surface area contributed by atoms with Gasteiger partial charge in [0.2, 0.25) is 0 Å². The largest absolute Gasteiger partial charge is 0.792 e. The minimum atomic E-state index is -0.172. The van der Waals surface area contributed by atoms with E-state index in [2.05, 4.69) is 72.9 Å². The molecule has 0 saturated carbocycles. The molecule has 0 fully saturated rings. The first-order chi connectivity index (χ1) is 18.1. The number of hydrogen-bond acceptors (Lipinski definition) is 4. The van der Waals surface area contributed by atoms with Crippen LogP contribution >= 0.6 is 0 Å². The summed E-state index contributed by atoms with van der Waals surface area (Å²) in [6.45, 7) is 1.17. The van der Waals surface area contributed by atoms with Gasteiger partial charge >= 0.3 is 0 Å². The topological polar surface area (TPSA) is 9.23 Å². The van der Waals surface area contributed by atoms with Gasteiger partial charge in [0.05, 0.1) is 6.61 Å². The average Bonchev–Trinajstić information content (AvgIpc) is 3.83. The molecule has 0 spiro atoms. The van der Waals surface area contributed by atoms with E-state index in [1.807, 2.05) is 30.3 Å². The third kappa shape index (κ3) is 12.3. The summed E-state index contributed by atoms with van der Waals surface area (Å²) in [4.78, 5) is 0. The van der Waals surface area contributed by atoms with Crippen molar-refractivity contribution in [1.82, 2.24) is 0 Å². The molecule has 1 nitrogen and oxygen atoms in total. The summed E-state index contributed by atoms with van der Waals surface area (Å²) in [6, 6.07) is 10.1. The fourth-order valence-electron chi connectivity index (χ4n) is 5.19. The zero-order valence-corrected chi connectivity index (χ0v) is 29.9. The van der Waals surface area contributed by atoms with Crippen LogP contribution in [0.25, 0.3) is 0 Å². The van der Waals surface area contributed by atoms with Gasteiger partial charge in [0.1, 0.15) is 0 Å². The third-order valence-electron chi connectivity index (χ3n) is 7.70. The van der Waals surface area contributed by atoms with E-state index in [4.69, 9.17) is 42.6 Å². The summed E-state index contributed by atoms with van der Waals surface area (Å²) in [6.07, 6.45) is 31.6. The van der Waals surface area contributed by atoms with E-state index in [9.17, 15) is 0 Å². The second kappa shape index (κ2) is 20.5. The Kier molecular flexibility index (Phi) is 19.8. The molecule has 0 amide bonds. The Morgan fingerprint density at radius 2 is 0.825 bits per heavy atom. The smallest absolute Gasteiger partial charge is 0.0717 e. The Hall–Kier alpha value is 0.540. The van der Waals surface area contributed by atoms with Crippen molar-refractivity contribution in [3.8, 4) is 0 Å². The molecule has 0 saturated heterocycles. The van der Waals surface area contributed by atoms with E-state index < -0.39 is 0 Å². The molecule has 0 N–H and O–H groups in total. The minimum Gasteiger partial charge on any atom is -0.792 e. The molecule has 0 atom stereocenters. The number of allylic oxidation sites excluding steroid dienone is 12.